The molecule has 0 aliphatic carbocycles. The largest absolute Gasteiger partial charge is 0.206 e. The zero-order valence-corrected chi connectivity index (χ0v) is 15.6. The molecule has 0 spiro atoms. The average Bonchev–Trinajstić information content (AvgIpc) is 2.72. The van der Waals surface area contributed by atoms with Gasteiger partial charge in [0.15, 0.2) is 0 Å². The minimum atomic E-state index is -0.410. The summed E-state index contributed by atoms with van der Waals surface area (Å²) >= 11 is 0. The van der Waals surface area contributed by atoms with Crippen molar-refractivity contribution in [3.05, 3.63) is 94.6 Å². The third kappa shape index (κ3) is 4.64. The van der Waals surface area contributed by atoms with Crippen molar-refractivity contribution in [2.24, 2.45) is 0 Å². The van der Waals surface area contributed by atoms with Crippen LogP contribution in [0, 0.1) is 34.8 Å². The predicted molar refractivity (Wildman–Crippen MR) is 108 cm³/mol. The van der Waals surface area contributed by atoms with Gasteiger partial charge in [0.2, 0.25) is 0 Å². The number of hydrogen-bond acceptors (Lipinski definition) is 1. The lowest BCUT2D eigenvalue weighted by Gasteiger charge is -2.04. The van der Waals surface area contributed by atoms with Crippen LogP contribution in [0.15, 0.2) is 60.7 Å². The van der Waals surface area contributed by atoms with Crippen molar-refractivity contribution in [2.75, 3.05) is 0 Å². The Morgan fingerprint density at radius 1 is 0.821 bits per heavy atom. The minimum Gasteiger partial charge on any atom is -0.206 e. The highest BCUT2D eigenvalue weighted by Gasteiger charge is 2.06. The van der Waals surface area contributed by atoms with E-state index in [4.69, 9.17) is 5.26 Å². The molecule has 3 rings (SSSR count). The SMILES string of the molecule is CCCCc1ccc(C#Cc2ccc(-c3ccc(C#N)cc3)c(F)c2)c(F)c1. The molecule has 3 aromatic carbocycles. The summed E-state index contributed by atoms with van der Waals surface area (Å²) in [5.74, 6) is 4.85. The van der Waals surface area contributed by atoms with Crippen molar-refractivity contribution >= 4 is 0 Å². The van der Waals surface area contributed by atoms with Crippen LogP contribution in [0.2, 0.25) is 0 Å². The second kappa shape index (κ2) is 8.98. The van der Waals surface area contributed by atoms with Crippen LogP contribution in [0.3, 0.4) is 0 Å². The molecule has 0 saturated heterocycles. The molecule has 0 aliphatic rings. The molecule has 0 atom stereocenters. The number of nitrogens with zero attached hydrogens (tertiary/aromatic N) is 1. The summed E-state index contributed by atoms with van der Waals surface area (Å²) in [4.78, 5) is 0. The molecule has 0 fully saturated rings. The standard InChI is InChI=1S/C25H19F2N/c1-2-3-4-18-5-12-22(24(26)15-18)13-6-19-9-14-23(25(27)16-19)21-10-7-20(17-28)8-11-21/h5,7-12,14-16H,2-4H2,1H3. The lowest BCUT2D eigenvalue weighted by atomic mass is 10.0. The van der Waals surface area contributed by atoms with Gasteiger partial charge < -0.3 is 0 Å². The maximum absolute atomic E-state index is 14.5. The predicted octanol–water partition coefficient (Wildman–Crippen LogP) is 6.25. The maximum atomic E-state index is 14.5. The first-order valence-electron chi connectivity index (χ1n) is 9.21. The summed E-state index contributed by atoms with van der Waals surface area (Å²) in [6, 6.07) is 18.5. The van der Waals surface area contributed by atoms with Gasteiger partial charge in [-0.3, -0.25) is 0 Å². The van der Waals surface area contributed by atoms with Crippen LogP contribution in [-0.2, 0) is 6.42 Å². The maximum Gasteiger partial charge on any atom is 0.139 e. The normalized spacial score (nSPS) is 10.1. The van der Waals surface area contributed by atoms with Crippen molar-refractivity contribution in [3.8, 4) is 29.0 Å². The van der Waals surface area contributed by atoms with Crippen LogP contribution in [0.1, 0.15) is 42.0 Å². The monoisotopic (exact) mass is 371 g/mol. The van der Waals surface area contributed by atoms with Crippen LogP contribution in [0.25, 0.3) is 11.1 Å². The van der Waals surface area contributed by atoms with Crippen LogP contribution >= 0.6 is 0 Å². The van der Waals surface area contributed by atoms with Gasteiger partial charge in [-0.25, -0.2) is 8.78 Å². The lowest BCUT2D eigenvalue weighted by molar-refractivity contribution is 0.620. The molecule has 0 heterocycles. The summed E-state index contributed by atoms with van der Waals surface area (Å²) in [6.07, 6.45) is 2.94. The third-order valence-electron chi connectivity index (χ3n) is 4.49. The second-order valence-electron chi connectivity index (χ2n) is 6.55. The average molecular weight is 371 g/mol. The fourth-order valence-corrected chi connectivity index (χ4v) is 2.89. The highest BCUT2D eigenvalue weighted by atomic mass is 19.1. The fourth-order valence-electron chi connectivity index (χ4n) is 2.89. The van der Waals surface area contributed by atoms with Crippen LogP contribution < -0.4 is 0 Å². The highest BCUT2D eigenvalue weighted by Crippen LogP contribution is 2.24. The van der Waals surface area contributed by atoms with E-state index < -0.39 is 5.82 Å². The first kappa shape index (κ1) is 19.3. The van der Waals surface area contributed by atoms with Gasteiger partial charge in [0.05, 0.1) is 17.2 Å². The van der Waals surface area contributed by atoms with E-state index in [-0.39, 0.29) is 5.82 Å². The molecule has 0 aromatic heterocycles. The van der Waals surface area contributed by atoms with Gasteiger partial charge in [0.25, 0.3) is 0 Å². The van der Waals surface area contributed by atoms with Crippen LogP contribution in [-0.4, -0.2) is 0 Å². The summed E-state index contributed by atoms with van der Waals surface area (Å²) in [5.41, 5.74) is 3.38. The lowest BCUT2D eigenvalue weighted by Crippen LogP contribution is -1.90. The van der Waals surface area contributed by atoms with Crippen molar-refractivity contribution in [2.45, 2.75) is 26.2 Å². The fraction of sp³-hybridized carbons (Fsp3) is 0.160. The Bertz CT molecular complexity index is 1080. The molecule has 28 heavy (non-hydrogen) atoms. The van der Waals surface area contributed by atoms with Gasteiger partial charge in [-0.05, 0) is 60.4 Å². The van der Waals surface area contributed by atoms with E-state index in [1.807, 2.05) is 12.1 Å². The van der Waals surface area contributed by atoms with Gasteiger partial charge in [-0.1, -0.05) is 49.5 Å². The molecule has 0 unspecified atom stereocenters. The summed E-state index contributed by atoms with van der Waals surface area (Å²) < 4.78 is 28.7. The number of halogens is 2. The summed E-state index contributed by atoms with van der Waals surface area (Å²) in [5, 5.41) is 8.85. The number of rotatable bonds is 4. The number of nitriles is 1. The van der Waals surface area contributed by atoms with Gasteiger partial charge in [0.1, 0.15) is 11.6 Å². The zero-order chi connectivity index (χ0) is 19.9. The molecule has 0 amide bonds. The molecular formula is C25H19F2N. The Hall–Kier alpha value is -3.43. The van der Waals surface area contributed by atoms with Gasteiger partial charge in [0, 0.05) is 11.1 Å². The zero-order valence-electron chi connectivity index (χ0n) is 15.6. The van der Waals surface area contributed by atoms with E-state index in [0.717, 1.165) is 24.8 Å². The molecule has 3 aromatic rings. The molecule has 3 heteroatoms. The summed E-state index contributed by atoms with van der Waals surface area (Å²) in [6.45, 7) is 2.10. The Balaban J connectivity index is 1.81. The van der Waals surface area contributed by atoms with Gasteiger partial charge in [-0.15, -0.1) is 0 Å². The minimum absolute atomic E-state index is 0.303. The molecule has 1 nitrogen and oxygen atoms in total. The molecule has 0 saturated carbocycles. The Morgan fingerprint density at radius 3 is 2.21 bits per heavy atom. The quantitative estimate of drug-likeness (QED) is 0.498. The Morgan fingerprint density at radius 2 is 1.57 bits per heavy atom. The van der Waals surface area contributed by atoms with E-state index in [1.165, 1.54) is 12.1 Å². The summed E-state index contributed by atoms with van der Waals surface area (Å²) in [7, 11) is 0. The number of hydrogen-bond donors (Lipinski definition) is 0. The molecule has 0 N–H and O–H groups in total. The van der Waals surface area contributed by atoms with Crippen LogP contribution in [0.5, 0.6) is 0 Å². The molecular weight excluding hydrogens is 352 g/mol. The second-order valence-corrected chi connectivity index (χ2v) is 6.55. The number of unbranched alkanes of at least 4 members (excludes halogenated alkanes) is 1. The van der Waals surface area contributed by atoms with Crippen molar-refractivity contribution in [1.82, 2.24) is 0 Å². The number of benzene rings is 3. The van der Waals surface area contributed by atoms with E-state index in [1.54, 1.807) is 42.5 Å². The van der Waals surface area contributed by atoms with E-state index in [0.29, 0.717) is 27.8 Å². The van der Waals surface area contributed by atoms with E-state index in [9.17, 15) is 8.78 Å². The van der Waals surface area contributed by atoms with Crippen LogP contribution in [0.4, 0.5) is 8.78 Å². The number of aryl methyl sites for hydroxylation is 1. The Kier molecular flexibility index (Phi) is 6.20. The first-order valence-corrected chi connectivity index (χ1v) is 9.21. The molecule has 0 aliphatic heterocycles. The molecule has 138 valence electrons. The van der Waals surface area contributed by atoms with Crippen molar-refractivity contribution in [3.63, 3.8) is 0 Å². The Labute approximate surface area is 164 Å². The third-order valence-corrected chi connectivity index (χ3v) is 4.49. The van der Waals surface area contributed by atoms with E-state index in [2.05, 4.69) is 18.8 Å². The van der Waals surface area contributed by atoms with Crippen molar-refractivity contribution in [1.29, 1.82) is 5.26 Å². The first-order chi connectivity index (χ1) is 13.6. The highest BCUT2D eigenvalue weighted by molar-refractivity contribution is 5.66. The molecule has 0 bridgehead atoms. The van der Waals surface area contributed by atoms with Gasteiger partial charge >= 0.3 is 0 Å². The smallest absolute Gasteiger partial charge is 0.139 e. The van der Waals surface area contributed by atoms with E-state index >= 15 is 0 Å². The molecule has 0 radical (unpaired) electrons. The topological polar surface area (TPSA) is 23.8 Å². The van der Waals surface area contributed by atoms with Gasteiger partial charge in [-0.2, -0.15) is 5.26 Å². The van der Waals surface area contributed by atoms with Crippen molar-refractivity contribution < 1.29 is 8.78 Å².